The molecule has 0 amide bonds. The smallest absolute Gasteiger partial charge is 0.127 e. The molecular formula is C27H40FN. The molecule has 2 saturated carbocycles. The largest absolute Gasteiger partial charge is 0.207 e. The molecule has 2 heteroatoms. The Kier molecular flexibility index (Phi) is 9.03. The molecule has 0 radical (unpaired) electrons. The highest BCUT2D eigenvalue weighted by Crippen LogP contribution is 2.43. The van der Waals surface area contributed by atoms with Gasteiger partial charge in [-0.3, -0.25) is 0 Å². The van der Waals surface area contributed by atoms with Gasteiger partial charge in [-0.1, -0.05) is 70.8 Å². The van der Waals surface area contributed by atoms with Gasteiger partial charge in [0.2, 0.25) is 0 Å². The second-order valence-electron chi connectivity index (χ2n) is 9.87. The van der Waals surface area contributed by atoms with Crippen LogP contribution in [0.25, 0.3) is 0 Å². The molecule has 0 spiro atoms. The summed E-state index contributed by atoms with van der Waals surface area (Å²) in [5.41, 5.74) is 1.20. The Morgan fingerprint density at radius 3 is 2.03 bits per heavy atom. The molecule has 1 aromatic rings. The van der Waals surface area contributed by atoms with Gasteiger partial charge in [0.1, 0.15) is 5.82 Å². The summed E-state index contributed by atoms with van der Waals surface area (Å²) in [6, 6.07) is 6.95. The molecule has 0 saturated heterocycles. The van der Waals surface area contributed by atoms with Crippen LogP contribution in [0.3, 0.4) is 0 Å². The van der Waals surface area contributed by atoms with Crippen LogP contribution in [-0.2, 0) is 6.42 Å². The summed E-state index contributed by atoms with van der Waals surface area (Å²) in [6.45, 7) is 2.30. The average molecular weight is 398 g/mol. The number of halogens is 1. The van der Waals surface area contributed by atoms with E-state index in [1.54, 1.807) is 12.1 Å². The molecule has 160 valence electrons. The number of benzene rings is 1. The Hall–Kier alpha value is -1.36. The van der Waals surface area contributed by atoms with Crippen LogP contribution in [0.4, 0.5) is 4.39 Å². The van der Waals surface area contributed by atoms with Crippen molar-refractivity contribution in [1.29, 1.82) is 5.26 Å². The fourth-order valence-electron chi connectivity index (χ4n) is 5.94. The molecule has 0 heterocycles. The zero-order chi connectivity index (χ0) is 20.5. The van der Waals surface area contributed by atoms with Crippen molar-refractivity contribution in [2.75, 3.05) is 0 Å². The molecule has 0 unspecified atom stereocenters. The van der Waals surface area contributed by atoms with E-state index in [0.29, 0.717) is 5.56 Å². The molecule has 2 aliphatic rings. The molecule has 0 bridgehead atoms. The molecule has 0 aliphatic heterocycles. The maximum Gasteiger partial charge on any atom is 0.127 e. The predicted molar refractivity (Wildman–Crippen MR) is 119 cm³/mol. The minimum Gasteiger partial charge on any atom is -0.207 e. The third-order valence-corrected chi connectivity index (χ3v) is 7.92. The summed E-state index contributed by atoms with van der Waals surface area (Å²) < 4.78 is 14.1. The predicted octanol–water partition coefficient (Wildman–Crippen LogP) is 8.21. The SMILES string of the molecule is CCCCCC[C@H]1CC[C@H](C2CCC(CCc3ccc(C#N)cc3F)CC2)CC1. The second-order valence-corrected chi connectivity index (χ2v) is 9.87. The van der Waals surface area contributed by atoms with E-state index in [2.05, 4.69) is 6.92 Å². The number of hydrogen-bond donors (Lipinski definition) is 0. The Labute approximate surface area is 178 Å². The normalized spacial score (nSPS) is 27.5. The lowest BCUT2D eigenvalue weighted by Gasteiger charge is -2.38. The molecule has 0 atom stereocenters. The van der Waals surface area contributed by atoms with Crippen LogP contribution in [-0.4, -0.2) is 0 Å². The van der Waals surface area contributed by atoms with Crippen molar-refractivity contribution < 1.29 is 4.39 Å². The third kappa shape index (κ3) is 6.84. The van der Waals surface area contributed by atoms with E-state index in [0.717, 1.165) is 42.1 Å². The lowest BCUT2D eigenvalue weighted by Crippen LogP contribution is -2.26. The molecular weight excluding hydrogens is 357 g/mol. The Morgan fingerprint density at radius 1 is 0.862 bits per heavy atom. The Balaban J connectivity index is 1.33. The number of nitriles is 1. The van der Waals surface area contributed by atoms with Gasteiger partial charge in [0.25, 0.3) is 0 Å². The number of unbranched alkanes of at least 4 members (excludes halogenated alkanes) is 3. The van der Waals surface area contributed by atoms with Gasteiger partial charge in [-0.15, -0.1) is 0 Å². The molecule has 2 aliphatic carbocycles. The first kappa shape index (κ1) is 22.3. The molecule has 3 rings (SSSR count). The first-order valence-corrected chi connectivity index (χ1v) is 12.4. The highest BCUT2D eigenvalue weighted by molar-refractivity contribution is 5.32. The van der Waals surface area contributed by atoms with Crippen molar-refractivity contribution in [3.8, 4) is 6.07 Å². The van der Waals surface area contributed by atoms with E-state index in [4.69, 9.17) is 5.26 Å². The van der Waals surface area contributed by atoms with E-state index in [9.17, 15) is 4.39 Å². The zero-order valence-corrected chi connectivity index (χ0v) is 18.5. The van der Waals surface area contributed by atoms with Crippen molar-refractivity contribution in [3.63, 3.8) is 0 Å². The van der Waals surface area contributed by atoms with Gasteiger partial charge in [0, 0.05) is 0 Å². The monoisotopic (exact) mass is 397 g/mol. The van der Waals surface area contributed by atoms with Crippen molar-refractivity contribution in [3.05, 3.63) is 35.1 Å². The van der Waals surface area contributed by atoms with Crippen LogP contribution in [0.2, 0.25) is 0 Å². The van der Waals surface area contributed by atoms with Gasteiger partial charge < -0.3 is 0 Å². The summed E-state index contributed by atoms with van der Waals surface area (Å²) in [5.74, 6) is 3.51. The molecule has 2 fully saturated rings. The first-order valence-electron chi connectivity index (χ1n) is 12.4. The van der Waals surface area contributed by atoms with Gasteiger partial charge in [-0.2, -0.15) is 5.26 Å². The van der Waals surface area contributed by atoms with E-state index in [-0.39, 0.29) is 5.82 Å². The van der Waals surface area contributed by atoms with E-state index in [1.807, 2.05) is 6.07 Å². The first-order chi connectivity index (χ1) is 14.2. The van der Waals surface area contributed by atoms with Crippen LogP contribution in [0, 0.1) is 40.8 Å². The topological polar surface area (TPSA) is 23.8 Å². The van der Waals surface area contributed by atoms with Crippen LogP contribution in [0.15, 0.2) is 18.2 Å². The van der Waals surface area contributed by atoms with Gasteiger partial charge in [-0.05, 0) is 79.9 Å². The molecule has 1 aromatic carbocycles. The maximum absolute atomic E-state index is 14.1. The van der Waals surface area contributed by atoms with Crippen LogP contribution >= 0.6 is 0 Å². The lowest BCUT2D eigenvalue weighted by atomic mass is 9.68. The van der Waals surface area contributed by atoms with E-state index in [1.165, 1.54) is 89.5 Å². The van der Waals surface area contributed by atoms with Crippen molar-refractivity contribution >= 4 is 0 Å². The highest BCUT2D eigenvalue weighted by Gasteiger charge is 2.30. The molecule has 0 N–H and O–H groups in total. The average Bonchev–Trinajstić information content (AvgIpc) is 2.77. The number of aryl methyl sites for hydroxylation is 1. The summed E-state index contributed by atoms with van der Waals surface area (Å²) in [6.07, 6.45) is 20.4. The van der Waals surface area contributed by atoms with E-state index >= 15 is 0 Å². The summed E-state index contributed by atoms with van der Waals surface area (Å²) in [5, 5.41) is 8.87. The highest BCUT2D eigenvalue weighted by atomic mass is 19.1. The van der Waals surface area contributed by atoms with Crippen molar-refractivity contribution in [2.24, 2.45) is 23.7 Å². The van der Waals surface area contributed by atoms with Gasteiger partial charge in [0.05, 0.1) is 11.6 Å². The Bertz CT molecular complexity index is 645. The number of nitrogens with zero attached hydrogens (tertiary/aromatic N) is 1. The van der Waals surface area contributed by atoms with Gasteiger partial charge in [0.15, 0.2) is 0 Å². The number of rotatable bonds is 9. The van der Waals surface area contributed by atoms with E-state index < -0.39 is 0 Å². The molecule has 1 nitrogen and oxygen atoms in total. The van der Waals surface area contributed by atoms with Gasteiger partial charge >= 0.3 is 0 Å². The van der Waals surface area contributed by atoms with Crippen LogP contribution in [0.1, 0.15) is 108 Å². The van der Waals surface area contributed by atoms with Crippen LogP contribution < -0.4 is 0 Å². The van der Waals surface area contributed by atoms with Gasteiger partial charge in [-0.25, -0.2) is 4.39 Å². The number of hydrogen-bond acceptors (Lipinski definition) is 1. The molecule has 0 aromatic heterocycles. The summed E-state index contributed by atoms with van der Waals surface area (Å²) in [4.78, 5) is 0. The molecule has 29 heavy (non-hydrogen) atoms. The third-order valence-electron chi connectivity index (χ3n) is 7.92. The minimum atomic E-state index is -0.204. The summed E-state index contributed by atoms with van der Waals surface area (Å²) in [7, 11) is 0. The van der Waals surface area contributed by atoms with Crippen LogP contribution in [0.5, 0.6) is 0 Å². The second kappa shape index (κ2) is 11.7. The fraction of sp³-hybridized carbons (Fsp3) is 0.741. The standard InChI is InChI=1S/C27H40FN/c1-2-3-4-5-6-21-7-13-24(14-8-21)25-15-9-22(10-16-25)11-17-26-18-12-23(20-29)19-27(26)28/h12,18-19,21-22,24-25H,2-11,13-17H2,1H3/t21-,22?,24-,25?. The fourth-order valence-corrected chi connectivity index (χ4v) is 5.94. The van der Waals surface area contributed by atoms with Crippen molar-refractivity contribution in [2.45, 2.75) is 103 Å². The summed E-state index contributed by atoms with van der Waals surface area (Å²) >= 11 is 0. The quantitative estimate of drug-likeness (QED) is 0.385. The van der Waals surface area contributed by atoms with Crippen molar-refractivity contribution in [1.82, 2.24) is 0 Å². The lowest BCUT2D eigenvalue weighted by molar-refractivity contribution is 0.140. The Morgan fingerprint density at radius 2 is 1.48 bits per heavy atom. The maximum atomic E-state index is 14.1. The minimum absolute atomic E-state index is 0.204. The zero-order valence-electron chi connectivity index (χ0n) is 18.5.